The summed E-state index contributed by atoms with van der Waals surface area (Å²) in [6.07, 6.45) is -0.416. The molecule has 0 saturated heterocycles. The van der Waals surface area contributed by atoms with Gasteiger partial charge in [0.05, 0.1) is 20.3 Å². The van der Waals surface area contributed by atoms with Gasteiger partial charge in [0.25, 0.3) is 0 Å². The van der Waals surface area contributed by atoms with Gasteiger partial charge in [0.1, 0.15) is 27.6 Å². The number of nitrogens with one attached hydrogen (secondary N) is 1. The zero-order valence-corrected chi connectivity index (χ0v) is 22.5. The molecule has 2 heterocycles. The molecule has 11 nitrogen and oxygen atoms in total. The zero-order valence-electron chi connectivity index (χ0n) is 21.7. The molecule has 0 saturated carbocycles. The highest BCUT2D eigenvalue weighted by Crippen LogP contribution is 2.36. The van der Waals surface area contributed by atoms with E-state index in [2.05, 4.69) is 15.4 Å². The van der Waals surface area contributed by atoms with Crippen LogP contribution in [-0.2, 0) is 20.8 Å². The smallest absolute Gasteiger partial charge is 0.413 e. The third-order valence-electron chi connectivity index (χ3n) is 4.80. The van der Waals surface area contributed by atoms with Crippen LogP contribution in [0.2, 0.25) is 0 Å². The number of esters is 1. The molecule has 0 aliphatic carbocycles. The molecule has 1 atom stereocenters. The maximum absolute atomic E-state index is 12.8. The van der Waals surface area contributed by atoms with E-state index in [0.717, 1.165) is 22.6 Å². The van der Waals surface area contributed by atoms with E-state index < -0.39 is 24.0 Å². The van der Waals surface area contributed by atoms with Crippen LogP contribution in [0.5, 0.6) is 5.75 Å². The third kappa shape index (κ3) is 7.51. The highest BCUT2D eigenvalue weighted by atomic mass is 32.1. The zero-order chi connectivity index (χ0) is 27.2. The van der Waals surface area contributed by atoms with Crippen molar-refractivity contribution < 1.29 is 33.6 Å². The third-order valence-corrected chi connectivity index (χ3v) is 5.75. The van der Waals surface area contributed by atoms with E-state index in [1.807, 2.05) is 24.3 Å². The van der Waals surface area contributed by atoms with Crippen molar-refractivity contribution in [1.82, 2.24) is 14.8 Å². The second kappa shape index (κ2) is 12.2. The number of carbonyl (C=O) groups excluding carboxylic acids is 2. The minimum Gasteiger partial charge on any atom is -0.497 e. The van der Waals surface area contributed by atoms with Gasteiger partial charge >= 0.3 is 12.1 Å². The Bertz CT molecular complexity index is 1210. The van der Waals surface area contributed by atoms with Crippen molar-refractivity contribution >= 4 is 28.5 Å². The first-order valence-electron chi connectivity index (χ1n) is 11.7. The minimum absolute atomic E-state index is 0.132. The number of thiazole rings is 1. The number of aliphatic hydroxyl groups is 1. The van der Waals surface area contributed by atoms with E-state index >= 15 is 0 Å². The topological polar surface area (TPSA) is 134 Å². The number of hydrogen-bond donors (Lipinski definition) is 2. The SMILES string of the molecule is CCOC(=O)c1sc(NC(=O)OC(C)(C)C)nc1-c1cn(Cc2ccc(OC)cc2)nc1C(O)OCC. The molecule has 0 fully saturated rings. The molecule has 3 aromatic rings. The standard InChI is InChI=1S/C25H32N4O7S/c1-7-34-21(30)19-17(14-29(28-19)13-15-9-11-16(33-6)12-10-15)18-20(22(31)35-8-2)37-23(26-18)27-24(32)36-25(3,4)5/h9-12,14,21,30H,7-8,13H2,1-6H3,(H,26,27,32). The second-order valence-corrected chi connectivity index (χ2v) is 9.82. The normalized spacial score (nSPS) is 12.2. The highest BCUT2D eigenvalue weighted by Gasteiger charge is 2.28. The number of nitrogens with zero attached hydrogens (tertiary/aromatic N) is 3. The average Bonchev–Trinajstić information content (AvgIpc) is 3.43. The summed E-state index contributed by atoms with van der Waals surface area (Å²) in [6.45, 7) is 9.41. The molecule has 1 aromatic carbocycles. The molecule has 37 heavy (non-hydrogen) atoms. The lowest BCUT2D eigenvalue weighted by molar-refractivity contribution is -0.101. The first-order chi connectivity index (χ1) is 17.5. The summed E-state index contributed by atoms with van der Waals surface area (Å²) >= 11 is 0.937. The summed E-state index contributed by atoms with van der Waals surface area (Å²) in [4.78, 5) is 29.7. The number of hydrogen-bond acceptors (Lipinski definition) is 10. The first kappa shape index (κ1) is 28.1. The van der Waals surface area contributed by atoms with Gasteiger partial charge < -0.3 is 24.1 Å². The predicted molar refractivity (Wildman–Crippen MR) is 138 cm³/mol. The van der Waals surface area contributed by atoms with E-state index in [4.69, 9.17) is 18.9 Å². The molecular formula is C25H32N4O7S. The number of carbonyl (C=O) groups is 2. The first-order valence-corrected chi connectivity index (χ1v) is 12.5. The molecule has 2 aromatic heterocycles. The molecule has 0 aliphatic heterocycles. The minimum atomic E-state index is -1.36. The second-order valence-electron chi connectivity index (χ2n) is 8.83. The monoisotopic (exact) mass is 532 g/mol. The Hall–Kier alpha value is -3.48. The summed E-state index contributed by atoms with van der Waals surface area (Å²) in [5.74, 6) is 0.107. The molecule has 1 amide bonds. The Balaban J connectivity index is 2.04. The quantitative estimate of drug-likeness (QED) is 0.283. The lowest BCUT2D eigenvalue weighted by Gasteiger charge is -2.18. The van der Waals surface area contributed by atoms with Gasteiger partial charge in [-0.15, -0.1) is 0 Å². The van der Waals surface area contributed by atoms with Crippen LogP contribution in [0.4, 0.5) is 9.93 Å². The number of amides is 1. The Kier molecular flexibility index (Phi) is 9.24. The van der Waals surface area contributed by atoms with Crippen molar-refractivity contribution in [3.8, 4) is 17.0 Å². The van der Waals surface area contributed by atoms with E-state index in [9.17, 15) is 14.7 Å². The van der Waals surface area contributed by atoms with Crippen molar-refractivity contribution in [2.45, 2.75) is 53.1 Å². The van der Waals surface area contributed by atoms with Gasteiger partial charge in [-0.2, -0.15) is 5.10 Å². The molecule has 12 heteroatoms. The van der Waals surface area contributed by atoms with Crippen molar-refractivity contribution in [2.75, 3.05) is 25.6 Å². The van der Waals surface area contributed by atoms with Crippen molar-refractivity contribution in [3.05, 3.63) is 46.6 Å². The Morgan fingerprint density at radius 1 is 1.16 bits per heavy atom. The number of aliphatic hydroxyl groups excluding tert-OH is 1. The molecule has 3 rings (SSSR count). The van der Waals surface area contributed by atoms with Gasteiger partial charge in [-0.25, -0.2) is 14.6 Å². The fourth-order valence-electron chi connectivity index (χ4n) is 3.32. The Labute approximate surface area is 219 Å². The maximum atomic E-state index is 12.8. The maximum Gasteiger partial charge on any atom is 0.413 e. The molecular weight excluding hydrogens is 500 g/mol. The lowest BCUT2D eigenvalue weighted by atomic mass is 10.1. The number of methoxy groups -OCH3 is 1. The van der Waals surface area contributed by atoms with E-state index in [0.29, 0.717) is 12.1 Å². The van der Waals surface area contributed by atoms with Gasteiger partial charge in [-0.1, -0.05) is 23.5 Å². The number of rotatable bonds is 10. The summed E-state index contributed by atoms with van der Waals surface area (Å²) in [5, 5.41) is 17.9. The number of anilines is 1. The van der Waals surface area contributed by atoms with Crippen LogP contribution in [0.25, 0.3) is 11.3 Å². The molecule has 0 aliphatic rings. The van der Waals surface area contributed by atoms with Crippen LogP contribution >= 0.6 is 11.3 Å². The molecule has 0 bridgehead atoms. The van der Waals surface area contributed by atoms with Crippen LogP contribution in [0, 0.1) is 0 Å². The van der Waals surface area contributed by atoms with E-state index in [1.54, 1.807) is 52.6 Å². The number of ether oxygens (including phenoxy) is 4. The van der Waals surface area contributed by atoms with Crippen molar-refractivity contribution in [3.63, 3.8) is 0 Å². The molecule has 0 radical (unpaired) electrons. The van der Waals surface area contributed by atoms with Crippen molar-refractivity contribution in [1.29, 1.82) is 0 Å². The van der Waals surface area contributed by atoms with Crippen LogP contribution in [-0.4, -0.2) is 57.9 Å². The molecule has 200 valence electrons. The van der Waals surface area contributed by atoms with E-state index in [-0.39, 0.29) is 34.6 Å². The average molecular weight is 533 g/mol. The number of aromatic nitrogens is 3. The summed E-state index contributed by atoms with van der Waals surface area (Å²) < 4.78 is 22.7. The Morgan fingerprint density at radius 2 is 1.86 bits per heavy atom. The number of benzene rings is 1. The largest absolute Gasteiger partial charge is 0.497 e. The Morgan fingerprint density at radius 3 is 2.46 bits per heavy atom. The molecule has 0 spiro atoms. The van der Waals surface area contributed by atoms with Gasteiger partial charge in [-0.05, 0) is 52.3 Å². The predicted octanol–water partition coefficient (Wildman–Crippen LogP) is 4.61. The van der Waals surface area contributed by atoms with Crippen molar-refractivity contribution in [2.24, 2.45) is 0 Å². The van der Waals surface area contributed by atoms with Gasteiger partial charge in [-0.3, -0.25) is 10.00 Å². The molecule has 2 N–H and O–H groups in total. The van der Waals surface area contributed by atoms with Crippen LogP contribution in [0.15, 0.2) is 30.5 Å². The fourth-order valence-corrected chi connectivity index (χ4v) is 4.18. The highest BCUT2D eigenvalue weighted by molar-refractivity contribution is 7.18. The van der Waals surface area contributed by atoms with Crippen LogP contribution < -0.4 is 10.1 Å². The van der Waals surface area contributed by atoms with Gasteiger partial charge in [0.2, 0.25) is 6.29 Å². The molecule has 1 unspecified atom stereocenters. The summed E-state index contributed by atoms with van der Waals surface area (Å²) in [5.41, 5.74) is 0.958. The summed E-state index contributed by atoms with van der Waals surface area (Å²) in [6, 6.07) is 7.47. The summed E-state index contributed by atoms with van der Waals surface area (Å²) in [7, 11) is 1.59. The van der Waals surface area contributed by atoms with Crippen LogP contribution in [0.1, 0.15) is 61.8 Å². The fraction of sp³-hybridized carbons (Fsp3) is 0.440. The van der Waals surface area contributed by atoms with Gasteiger partial charge in [0.15, 0.2) is 5.13 Å². The van der Waals surface area contributed by atoms with E-state index in [1.165, 1.54) is 0 Å². The lowest BCUT2D eigenvalue weighted by Crippen LogP contribution is -2.27. The van der Waals surface area contributed by atoms with Gasteiger partial charge in [0, 0.05) is 18.4 Å². The van der Waals surface area contributed by atoms with Crippen LogP contribution in [0.3, 0.4) is 0 Å².